The van der Waals surface area contributed by atoms with Gasteiger partial charge in [0.25, 0.3) is 5.91 Å². The van der Waals surface area contributed by atoms with Gasteiger partial charge in [-0.2, -0.15) is 5.10 Å². The fraction of sp³-hybridized carbons (Fsp3) is 0.455. The second-order valence-corrected chi connectivity index (χ2v) is 8.62. The minimum Gasteiger partial charge on any atom is -0.349 e. The quantitative estimate of drug-likeness (QED) is 0.775. The first kappa shape index (κ1) is 20.3. The maximum atomic E-state index is 13.4. The number of rotatable bonds is 1. The molecule has 0 unspecified atom stereocenters. The summed E-state index contributed by atoms with van der Waals surface area (Å²) in [4.78, 5) is 24.4. The number of nitrogens with one attached hydrogen (secondary N) is 1. The summed E-state index contributed by atoms with van der Waals surface area (Å²) in [5.74, 6) is 0.207. The van der Waals surface area contributed by atoms with Gasteiger partial charge in [-0.1, -0.05) is 6.58 Å². The fourth-order valence-corrected chi connectivity index (χ4v) is 4.12. The molecule has 2 aromatic heterocycles. The molecule has 1 amide bonds. The third-order valence-electron chi connectivity index (χ3n) is 5.76. The summed E-state index contributed by atoms with van der Waals surface area (Å²) in [6.45, 7) is 10.5. The molecule has 1 N–H and O–H groups in total. The number of nitrogens with zero attached hydrogens (tertiary/aromatic N) is 5. The molecule has 1 fully saturated rings. The van der Waals surface area contributed by atoms with E-state index < -0.39 is 5.54 Å². The Morgan fingerprint density at radius 2 is 2.27 bits per heavy atom. The summed E-state index contributed by atoms with van der Waals surface area (Å²) in [6.07, 6.45) is 7.76. The van der Waals surface area contributed by atoms with Gasteiger partial charge in [0.1, 0.15) is 17.2 Å². The van der Waals surface area contributed by atoms with E-state index in [1.165, 1.54) is 13.1 Å². The molecule has 2 aliphatic heterocycles. The Balaban J connectivity index is 1.83. The van der Waals surface area contributed by atoms with Crippen molar-refractivity contribution in [1.29, 1.82) is 0 Å². The van der Waals surface area contributed by atoms with Crippen LogP contribution in [0.4, 0.5) is 10.2 Å². The van der Waals surface area contributed by atoms with Gasteiger partial charge >= 0.3 is 0 Å². The van der Waals surface area contributed by atoms with Crippen molar-refractivity contribution in [3.8, 4) is 0 Å². The molecule has 1 atom stereocenters. The van der Waals surface area contributed by atoms with Gasteiger partial charge in [0.15, 0.2) is 5.65 Å². The normalized spacial score (nSPS) is 23.9. The van der Waals surface area contributed by atoms with Crippen LogP contribution in [0, 0.1) is 0 Å². The predicted octanol–water partition coefficient (Wildman–Crippen LogP) is 3.83. The lowest BCUT2D eigenvalue weighted by atomic mass is 9.91. The number of fused-ring (bicyclic) bond motifs is 3. The van der Waals surface area contributed by atoms with Gasteiger partial charge in [-0.3, -0.25) is 9.79 Å². The predicted molar refractivity (Wildman–Crippen MR) is 116 cm³/mol. The largest absolute Gasteiger partial charge is 0.349 e. The number of aromatic nitrogens is 3. The average Bonchev–Trinajstić information content (AvgIpc) is 3.32. The average molecular weight is 410 g/mol. The van der Waals surface area contributed by atoms with Crippen molar-refractivity contribution in [2.24, 2.45) is 4.99 Å². The second kappa shape index (κ2) is 7.66. The van der Waals surface area contributed by atoms with Gasteiger partial charge in [-0.25, -0.2) is 13.9 Å². The SMILES string of the molecule is C=C1C(=N/C=C(\C)F)CCC(C)(C)NC(=O)c2cnn3ccc(nc23)N2CCC[C@H]12. The molecule has 4 rings (SSSR count). The van der Waals surface area contributed by atoms with Crippen LogP contribution in [0.1, 0.15) is 56.8 Å². The highest BCUT2D eigenvalue weighted by Crippen LogP contribution is 2.31. The lowest BCUT2D eigenvalue weighted by molar-refractivity contribution is 0.0911. The first-order valence-electron chi connectivity index (χ1n) is 10.3. The first-order chi connectivity index (χ1) is 14.2. The Morgan fingerprint density at radius 1 is 1.47 bits per heavy atom. The summed E-state index contributed by atoms with van der Waals surface area (Å²) in [5.41, 5.74) is 2.11. The Hall–Kier alpha value is -3.03. The molecule has 2 bridgehead atoms. The Kier molecular flexibility index (Phi) is 5.17. The molecule has 0 aromatic carbocycles. The molecular formula is C22H27FN6O. The number of allylic oxidation sites excluding steroid dienone is 1. The monoisotopic (exact) mass is 410 g/mol. The molecule has 7 nitrogen and oxygen atoms in total. The highest BCUT2D eigenvalue weighted by atomic mass is 19.1. The highest BCUT2D eigenvalue weighted by Gasteiger charge is 2.32. The van der Waals surface area contributed by atoms with Crippen LogP contribution in [0.5, 0.6) is 0 Å². The van der Waals surface area contributed by atoms with Gasteiger partial charge in [0.05, 0.1) is 18.4 Å². The molecule has 2 aliphatic rings. The zero-order valence-electron chi connectivity index (χ0n) is 17.7. The summed E-state index contributed by atoms with van der Waals surface area (Å²) in [7, 11) is 0. The van der Waals surface area contributed by atoms with E-state index in [0.717, 1.165) is 36.5 Å². The van der Waals surface area contributed by atoms with Gasteiger partial charge in [0, 0.05) is 24.0 Å². The zero-order chi connectivity index (χ0) is 21.5. The summed E-state index contributed by atoms with van der Waals surface area (Å²) < 4.78 is 15.0. The van der Waals surface area contributed by atoms with Crippen molar-refractivity contribution < 1.29 is 9.18 Å². The van der Waals surface area contributed by atoms with Gasteiger partial charge in [0.2, 0.25) is 0 Å². The van der Waals surface area contributed by atoms with E-state index in [9.17, 15) is 9.18 Å². The minimum atomic E-state index is -0.498. The molecule has 0 radical (unpaired) electrons. The number of halogens is 1. The number of aliphatic imine (C=N–C) groups is 1. The number of amides is 1. The Bertz CT molecular complexity index is 1060. The molecule has 0 saturated carbocycles. The molecule has 0 aliphatic carbocycles. The summed E-state index contributed by atoms with van der Waals surface area (Å²) >= 11 is 0. The topological polar surface area (TPSA) is 74.9 Å². The zero-order valence-corrected chi connectivity index (χ0v) is 17.7. The molecule has 1 saturated heterocycles. The van der Waals surface area contributed by atoms with Crippen LogP contribution in [0.2, 0.25) is 0 Å². The van der Waals surface area contributed by atoms with Crippen molar-refractivity contribution >= 4 is 23.1 Å². The Morgan fingerprint density at radius 3 is 3.03 bits per heavy atom. The lowest BCUT2D eigenvalue weighted by Gasteiger charge is -2.29. The van der Waals surface area contributed by atoms with Crippen LogP contribution in [0.25, 0.3) is 5.65 Å². The van der Waals surface area contributed by atoms with Gasteiger partial charge in [-0.05, 0) is 58.1 Å². The van der Waals surface area contributed by atoms with E-state index >= 15 is 0 Å². The van der Waals surface area contributed by atoms with E-state index in [0.29, 0.717) is 24.1 Å². The van der Waals surface area contributed by atoms with Crippen LogP contribution in [-0.4, -0.2) is 44.3 Å². The second-order valence-electron chi connectivity index (χ2n) is 8.62. The molecule has 0 spiro atoms. The van der Waals surface area contributed by atoms with E-state index in [-0.39, 0.29) is 17.8 Å². The van der Waals surface area contributed by atoms with Crippen LogP contribution in [0.15, 0.2) is 47.6 Å². The third-order valence-corrected chi connectivity index (χ3v) is 5.76. The molecule has 30 heavy (non-hydrogen) atoms. The van der Waals surface area contributed by atoms with Crippen LogP contribution in [-0.2, 0) is 0 Å². The molecule has 4 heterocycles. The summed E-state index contributed by atoms with van der Waals surface area (Å²) in [6, 6.07) is 1.94. The Labute approximate surface area is 175 Å². The van der Waals surface area contributed by atoms with Crippen molar-refractivity contribution in [3.05, 3.63) is 48.2 Å². The molecule has 158 valence electrons. The number of hydrogen-bond acceptors (Lipinski definition) is 5. The fourth-order valence-electron chi connectivity index (χ4n) is 4.12. The molecular weight excluding hydrogens is 383 g/mol. The smallest absolute Gasteiger partial charge is 0.257 e. The van der Waals surface area contributed by atoms with Crippen LogP contribution >= 0.6 is 0 Å². The minimum absolute atomic E-state index is 0.0333. The van der Waals surface area contributed by atoms with E-state index in [4.69, 9.17) is 4.98 Å². The number of carbonyl (C=O) groups is 1. The van der Waals surface area contributed by atoms with Gasteiger partial charge in [-0.15, -0.1) is 0 Å². The number of hydrogen-bond donors (Lipinski definition) is 1. The van der Waals surface area contributed by atoms with E-state index in [1.807, 2.05) is 26.1 Å². The maximum absolute atomic E-state index is 13.4. The highest BCUT2D eigenvalue weighted by molar-refractivity contribution is 6.02. The first-order valence-corrected chi connectivity index (χ1v) is 10.3. The van der Waals surface area contributed by atoms with Crippen molar-refractivity contribution in [3.63, 3.8) is 0 Å². The lowest BCUT2D eigenvalue weighted by Crippen LogP contribution is -2.43. The maximum Gasteiger partial charge on any atom is 0.257 e. The molecule has 8 heteroatoms. The van der Waals surface area contributed by atoms with E-state index in [1.54, 1.807) is 10.7 Å². The molecule has 2 aromatic rings. The summed E-state index contributed by atoms with van der Waals surface area (Å²) in [5, 5.41) is 7.36. The van der Waals surface area contributed by atoms with Crippen LogP contribution in [0.3, 0.4) is 0 Å². The van der Waals surface area contributed by atoms with Crippen molar-refractivity contribution in [1.82, 2.24) is 19.9 Å². The van der Waals surface area contributed by atoms with Gasteiger partial charge < -0.3 is 10.2 Å². The number of anilines is 1. The standard InChI is InChI=1S/C22H27FN6O/c1-14(23)12-24-17-7-9-22(3,4)27-21(30)16-13-25-29-11-8-19(26-20(16)29)28-10-5-6-18(28)15(17)2/h8,11-13,18H,2,5-7,9-10H2,1,3-4H3,(H,27,30)/b14-12+,24-17?/t18-/m1/s1. The van der Waals surface area contributed by atoms with Crippen molar-refractivity contribution in [2.75, 3.05) is 11.4 Å². The number of carbonyl (C=O) groups excluding carboxylic acids is 1. The van der Waals surface area contributed by atoms with Crippen molar-refractivity contribution in [2.45, 2.75) is 58.0 Å². The van der Waals surface area contributed by atoms with Crippen LogP contribution < -0.4 is 10.2 Å². The van der Waals surface area contributed by atoms with E-state index in [2.05, 4.69) is 26.9 Å². The third kappa shape index (κ3) is 3.86.